The predicted octanol–water partition coefficient (Wildman–Crippen LogP) is 7.08. The highest BCUT2D eigenvalue weighted by molar-refractivity contribution is 5.76. The Balaban J connectivity index is 3.56. The van der Waals surface area contributed by atoms with Crippen molar-refractivity contribution in [2.24, 2.45) is 5.73 Å². The van der Waals surface area contributed by atoms with E-state index in [2.05, 4.69) is 34.7 Å². The van der Waals surface area contributed by atoms with Crippen LogP contribution in [0.4, 0.5) is 0 Å². The summed E-state index contributed by atoms with van der Waals surface area (Å²) in [6.07, 6.45) is 27.8. The molecule has 0 unspecified atom stereocenters. The van der Waals surface area contributed by atoms with Gasteiger partial charge in [-0.15, -0.1) is 0 Å². The molecule has 0 saturated carbocycles. The van der Waals surface area contributed by atoms with E-state index in [1.165, 1.54) is 103 Å². The highest BCUT2D eigenvalue weighted by Gasteiger charge is 2.08. The second-order valence-electron chi connectivity index (χ2n) is 12.3. The molecule has 0 radical (unpaired) electrons. The number of nitrogens with zero attached hydrogens (tertiary/aromatic N) is 1. The summed E-state index contributed by atoms with van der Waals surface area (Å²) in [5.74, 6) is 0.360. The Morgan fingerprint density at radius 1 is 0.476 bits per heavy atom. The summed E-state index contributed by atoms with van der Waals surface area (Å²) in [4.78, 5) is 26.6. The lowest BCUT2D eigenvalue weighted by atomic mass is 10.1. The Bertz CT molecular complexity index is 576. The van der Waals surface area contributed by atoms with Gasteiger partial charge < -0.3 is 26.6 Å². The molecule has 0 aliphatic rings. The van der Waals surface area contributed by atoms with Gasteiger partial charge >= 0.3 is 0 Å². The van der Waals surface area contributed by atoms with Gasteiger partial charge in [-0.05, 0) is 32.2 Å². The highest BCUT2D eigenvalue weighted by Crippen LogP contribution is 2.10. The van der Waals surface area contributed by atoms with Crippen LogP contribution in [-0.4, -0.2) is 69.1 Å². The van der Waals surface area contributed by atoms with Crippen LogP contribution < -0.4 is 21.7 Å². The molecule has 0 fully saturated rings. The van der Waals surface area contributed by atoms with Crippen LogP contribution in [0.1, 0.15) is 162 Å². The van der Waals surface area contributed by atoms with Crippen molar-refractivity contribution in [1.82, 2.24) is 20.9 Å². The van der Waals surface area contributed by atoms with Gasteiger partial charge in [-0.2, -0.15) is 0 Å². The topological polar surface area (TPSA) is 99.5 Å². The second-order valence-corrected chi connectivity index (χ2v) is 12.3. The fourth-order valence-corrected chi connectivity index (χ4v) is 5.36. The average molecular weight is 596 g/mol. The molecule has 7 heteroatoms. The van der Waals surface area contributed by atoms with Gasteiger partial charge in [0.2, 0.25) is 11.8 Å². The molecule has 42 heavy (non-hydrogen) atoms. The molecule has 0 aromatic rings. The van der Waals surface area contributed by atoms with Gasteiger partial charge in [0.05, 0.1) is 0 Å². The number of carbonyl (C=O) groups is 2. The van der Waals surface area contributed by atoms with E-state index in [-0.39, 0.29) is 11.8 Å². The van der Waals surface area contributed by atoms with Crippen molar-refractivity contribution in [3.63, 3.8) is 0 Å². The number of rotatable bonds is 34. The summed E-state index contributed by atoms with van der Waals surface area (Å²) >= 11 is 0. The third kappa shape index (κ3) is 31.7. The van der Waals surface area contributed by atoms with Crippen LogP contribution in [0.5, 0.6) is 0 Å². The van der Waals surface area contributed by atoms with Gasteiger partial charge in [-0.3, -0.25) is 9.59 Å². The zero-order valence-corrected chi connectivity index (χ0v) is 28.3. The maximum absolute atomic E-state index is 12.2. The molecule has 0 aromatic heterocycles. The third-order valence-electron chi connectivity index (χ3n) is 8.17. The fraction of sp³-hybridized carbons (Fsp3) is 0.943. The molecule has 250 valence electrons. The summed E-state index contributed by atoms with van der Waals surface area (Å²) in [6.45, 7) is 11.1. The standard InChI is InChI=1S/C35H73N5O2/c1-3-5-7-9-11-13-15-17-22-28-38-34(41)24-20-19-21-27-37-30-33-40(32-26-36)31-25-35(42)39-29-23-18-16-14-12-10-8-6-4-2/h37H,3-33,36H2,1-2H3,(H,38,41)(H,39,42). The molecule has 7 nitrogen and oxygen atoms in total. The van der Waals surface area contributed by atoms with Crippen LogP contribution in [-0.2, 0) is 9.59 Å². The van der Waals surface area contributed by atoms with Crippen molar-refractivity contribution in [3.05, 3.63) is 0 Å². The van der Waals surface area contributed by atoms with Crippen LogP contribution >= 0.6 is 0 Å². The van der Waals surface area contributed by atoms with E-state index in [1.54, 1.807) is 0 Å². The molecule has 0 heterocycles. The van der Waals surface area contributed by atoms with Gasteiger partial charge in [-0.1, -0.05) is 123 Å². The SMILES string of the molecule is CCCCCCCCCCCNC(=O)CCCCCNCCN(CCN)CCC(=O)NCCCCCCCCCCC. The predicted molar refractivity (Wildman–Crippen MR) is 182 cm³/mol. The fourth-order valence-electron chi connectivity index (χ4n) is 5.36. The zero-order chi connectivity index (χ0) is 30.8. The van der Waals surface area contributed by atoms with Crippen LogP contribution in [0.25, 0.3) is 0 Å². The van der Waals surface area contributed by atoms with Crippen molar-refractivity contribution in [2.45, 2.75) is 162 Å². The third-order valence-corrected chi connectivity index (χ3v) is 8.17. The quantitative estimate of drug-likeness (QED) is 0.0596. The van der Waals surface area contributed by atoms with Crippen molar-refractivity contribution in [2.75, 3.05) is 52.4 Å². The lowest BCUT2D eigenvalue weighted by Crippen LogP contribution is -2.38. The van der Waals surface area contributed by atoms with Crippen molar-refractivity contribution < 1.29 is 9.59 Å². The van der Waals surface area contributed by atoms with E-state index >= 15 is 0 Å². The number of hydrogen-bond acceptors (Lipinski definition) is 5. The first-order valence-electron chi connectivity index (χ1n) is 18.3. The summed E-state index contributed by atoms with van der Waals surface area (Å²) in [7, 11) is 0. The van der Waals surface area contributed by atoms with Crippen molar-refractivity contribution >= 4 is 11.8 Å². The Kier molecular flexibility index (Phi) is 33.3. The molecule has 0 spiro atoms. The molecule has 0 aromatic carbocycles. The van der Waals surface area contributed by atoms with Crippen LogP contribution in [0.2, 0.25) is 0 Å². The molecular formula is C35H73N5O2. The monoisotopic (exact) mass is 596 g/mol. The number of carbonyl (C=O) groups excluding carboxylic acids is 2. The van der Waals surface area contributed by atoms with Gasteiger partial charge in [0.1, 0.15) is 0 Å². The van der Waals surface area contributed by atoms with E-state index in [4.69, 9.17) is 5.73 Å². The molecule has 2 amide bonds. The van der Waals surface area contributed by atoms with Crippen LogP contribution in [0.3, 0.4) is 0 Å². The Labute approximate surface area is 261 Å². The van der Waals surface area contributed by atoms with E-state index in [9.17, 15) is 9.59 Å². The largest absolute Gasteiger partial charge is 0.356 e. The number of unbranched alkanes of at least 4 members (excludes halogenated alkanes) is 18. The molecular weight excluding hydrogens is 522 g/mol. The van der Waals surface area contributed by atoms with Crippen LogP contribution in [0, 0.1) is 0 Å². The minimum absolute atomic E-state index is 0.154. The van der Waals surface area contributed by atoms with E-state index < -0.39 is 0 Å². The molecule has 5 N–H and O–H groups in total. The van der Waals surface area contributed by atoms with E-state index in [1.807, 2.05) is 0 Å². The smallest absolute Gasteiger partial charge is 0.221 e. The average Bonchev–Trinajstić information content (AvgIpc) is 2.99. The first-order valence-corrected chi connectivity index (χ1v) is 18.3. The maximum atomic E-state index is 12.2. The van der Waals surface area contributed by atoms with Crippen molar-refractivity contribution in [1.29, 1.82) is 0 Å². The lowest BCUT2D eigenvalue weighted by molar-refractivity contribution is -0.122. The molecule has 0 saturated heterocycles. The summed E-state index contributed by atoms with van der Waals surface area (Å²) in [5, 5.41) is 9.69. The minimum atomic E-state index is 0.154. The summed E-state index contributed by atoms with van der Waals surface area (Å²) in [6, 6.07) is 0. The van der Waals surface area contributed by atoms with E-state index in [0.717, 1.165) is 77.9 Å². The number of nitrogens with two attached hydrogens (primary N) is 1. The molecule has 0 aliphatic carbocycles. The van der Waals surface area contributed by atoms with E-state index in [0.29, 0.717) is 19.4 Å². The Morgan fingerprint density at radius 3 is 1.40 bits per heavy atom. The first kappa shape index (κ1) is 40.8. The second kappa shape index (κ2) is 34.3. The first-order chi connectivity index (χ1) is 20.6. The van der Waals surface area contributed by atoms with Gasteiger partial charge in [0.25, 0.3) is 0 Å². The van der Waals surface area contributed by atoms with Gasteiger partial charge in [-0.25, -0.2) is 0 Å². The minimum Gasteiger partial charge on any atom is -0.356 e. The normalized spacial score (nSPS) is 11.3. The number of nitrogens with one attached hydrogen (secondary N) is 3. The zero-order valence-electron chi connectivity index (χ0n) is 28.3. The van der Waals surface area contributed by atoms with Gasteiger partial charge in [0, 0.05) is 58.7 Å². The van der Waals surface area contributed by atoms with Crippen molar-refractivity contribution in [3.8, 4) is 0 Å². The maximum Gasteiger partial charge on any atom is 0.221 e. The summed E-state index contributed by atoms with van der Waals surface area (Å²) < 4.78 is 0. The number of amides is 2. The Hall–Kier alpha value is -1.18. The molecule has 0 aliphatic heterocycles. The highest BCUT2D eigenvalue weighted by atomic mass is 16.2. The summed E-state index contributed by atoms with van der Waals surface area (Å²) in [5.41, 5.74) is 5.80. The number of hydrogen-bond donors (Lipinski definition) is 4. The molecule has 0 bridgehead atoms. The molecule has 0 rings (SSSR count). The van der Waals surface area contributed by atoms with Gasteiger partial charge in [0.15, 0.2) is 0 Å². The van der Waals surface area contributed by atoms with Crippen LogP contribution in [0.15, 0.2) is 0 Å². The Morgan fingerprint density at radius 2 is 0.905 bits per heavy atom. The lowest BCUT2D eigenvalue weighted by Gasteiger charge is -2.21. The molecule has 0 atom stereocenters.